The van der Waals surface area contributed by atoms with Crippen LogP contribution in [0, 0.1) is 0 Å². The Hall–Kier alpha value is -0.620. The second-order valence-corrected chi connectivity index (χ2v) is 7.18. The van der Waals surface area contributed by atoms with E-state index in [0.29, 0.717) is 6.04 Å². The van der Waals surface area contributed by atoms with Gasteiger partial charge in [0.1, 0.15) is 0 Å². The van der Waals surface area contributed by atoms with Crippen LogP contribution < -0.4 is 10.2 Å². The van der Waals surface area contributed by atoms with E-state index < -0.39 is 0 Å². The van der Waals surface area contributed by atoms with Gasteiger partial charge in [0.15, 0.2) is 0 Å². The number of morpholine rings is 1. The van der Waals surface area contributed by atoms with Crippen LogP contribution in [0.4, 0.5) is 5.69 Å². The number of hydrogen-bond acceptors (Lipinski definition) is 4. The standard InChI is InChI=1S/C17H26BrN3O/c1-20(16-4-6-19-7-5-16)13-14-2-3-15(18)12-17(14)21-8-10-22-11-9-21/h2-3,12,16,19H,4-11,13H2,1H3. The third-order valence-corrected chi connectivity index (χ3v) is 5.24. The van der Waals surface area contributed by atoms with Crippen LogP contribution in [0.3, 0.4) is 0 Å². The number of ether oxygens (including phenoxy) is 1. The predicted octanol–water partition coefficient (Wildman–Crippen LogP) is 2.47. The highest BCUT2D eigenvalue weighted by molar-refractivity contribution is 9.10. The van der Waals surface area contributed by atoms with Crippen LogP contribution in [0.1, 0.15) is 18.4 Å². The van der Waals surface area contributed by atoms with E-state index in [2.05, 4.69) is 56.3 Å². The maximum absolute atomic E-state index is 5.50. The average molecular weight is 368 g/mol. The van der Waals surface area contributed by atoms with Crippen molar-refractivity contribution in [3.05, 3.63) is 28.2 Å². The Labute approximate surface area is 141 Å². The molecule has 2 heterocycles. The van der Waals surface area contributed by atoms with E-state index in [0.717, 1.165) is 50.4 Å². The lowest BCUT2D eigenvalue weighted by Crippen LogP contribution is -2.41. The number of benzene rings is 1. The fourth-order valence-electron chi connectivity index (χ4n) is 3.41. The van der Waals surface area contributed by atoms with Crippen LogP contribution in [0.2, 0.25) is 0 Å². The van der Waals surface area contributed by atoms with E-state index in [1.807, 2.05) is 0 Å². The molecular formula is C17H26BrN3O. The third-order valence-electron chi connectivity index (χ3n) is 4.75. The van der Waals surface area contributed by atoms with Gasteiger partial charge in [-0.2, -0.15) is 0 Å². The highest BCUT2D eigenvalue weighted by Crippen LogP contribution is 2.28. The zero-order valence-electron chi connectivity index (χ0n) is 13.4. The molecule has 2 aliphatic rings. The highest BCUT2D eigenvalue weighted by Gasteiger charge is 2.20. The number of nitrogens with one attached hydrogen (secondary N) is 1. The summed E-state index contributed by atoms with van der Waals surface area (Å²) >= 11 is 3.63. The molecule has 0 atom stereocenters. The molecule has 0 bridgehead atoms. The second-order valence-electron chi connectivity index (χ2n) is 6.27. The van der Waals surface area contributed by atoms with E-state index in [9.17, 15) is 0 Å². The molecule has 0 saturated carbocycles. The van der Waals surface area contributed by atoms with E-state index >= 15 is 0 Å². The summed E-state index contributed by atoms with van der Waals surface area (Å²) in [6, 6.07) is 7.39. The molecule has 0 amide bonds. The normalized spacial score (nSPS) is 20.6. The molecule has 4 nitrogen and oxygen atoms in total. The average Bonchev–Trinajstić information content (AvgIpc) is 2.58. The van der Waals surface area contributed by atoms with E-state index in [1.165, 1.54) is 24.1 Å². The minimum Gasteiger partial charge on any atom is -0.378 e. The summed E-state index contributed by atoms with van der Waals surface area (Å²) in [5.74, 6) is 0. The molecule has 2 saturated heterocycles. The van der Waals surface area contributed by atoms with Crippen LogP contribution in [0.5, 0.6) is 0 Å². The molecule has 1 aromatic rings. The number of halogens is 1. The van der Waals surface area contributed by atoms with Gasteiger partial charge in [-0.3, -0.25) is 4.90 Å². The van der Waals surface area contributed by atoms with Crippen molar-refractivity contribution < 1.29 is 4.74 Å². The monoisotopic (exact) mass is 367 g/mol. The number of anilines is 1. The van der Waals surface area contributed by atoms with Gasteiger partial charge >= 0.3 is 0 Å². The molecular weight excluding hydrogens is 342 g/mol. The minimum absolute atomic E-state index is 0.697. The predicted molar refractivity (Wildman–Crippen MR) is 94.5 cm³/mol. The van der Waals surface area contributed by atoms with Crippen molar-refractivity contribution in [1.82, 2.24) is 10.2 Å². The first-order valence-electron chi connectivity index (χ1n) is 8.26. The fourth-order valence-corrected chi connectivity index (χ4v) is 3.76. The number of piperidine rings is 1. The second kappa shape index (κ2) is 7.77. The van der Waals surface area contributed by atoms with Crippen LogP contribution in [-0.2, 0) is 11.3 Å². The van der Waals surface area contributed by atoms with Crippen molar-refractivity contribution >= 4 is 21.6 Å². The smallest absolute Gasteiger partial charge is 0.0642 e. The summed E-state index contributed by atoms with van der Waals surface area (Å²) in [7, 11) is 2.27. The quantitative estimate of drug-likeness (QED) is 0.884. The zero-order chi connectivity index (χ0) is 15.4. The van der Waals surface area contributed by atoms with Crippen molar-refractivity contribution in [2.24, 2.45) is 0 Å². The number of hydrogen-bond donors (Lipinski definition) is 1. The van der Waals surface area contributed by atoms with E-state index in [-0.39, 0.29) is 0 Å². The SMILES string of the molecule is CN(Cc1ccc(Br)cc1N1CCOCC1)C1CCNCC1. The first kappa shape index (κ1) is 16.2. The summed E-state index contributed by atoms with van der Waals surface area (Å²) in [5.41, 5.74) is 2.78. The molecule has 3 rings (SSSR count). The lowest BCUT2D eigenvalue weighted by molar-refractivity contribution is 0.122. The molecule has 2 aliphatic heterocycles. The molecule has 22 heavy (non-hydrogen) atoms. The molecule has 0 aromatic heterocycles. The maximum Gasteiger partial charge on any atom is 0.0642 e. The van der Waals surface area contributed by atoms with Gasteiger partial charge in [-0.15, -0.1) is 0 Å². The van der Waals surface area contributed by atoms with Crippen molar-refractivity contribution in [3.8, 4) is 0 Å². The van der Waals surface area contributed by atoms with Gasteiger partial charge in [-0.25, -0.2) is 0 Å². The van der Waals surface area contributed by atoms with E-state index in [1.54, 1.807) is 0 Å². The Bertz CT molecular complexity index is 485. The minimum atomic E-state index is 0.697. The van der Waals surface area contributed by atoms with Crippen molar-refractivity contribution in [1.29, 1.82) is 0 Å². The van der Waals surface area contributed by atoms with Gasteiger partial charge in [0.2, 0.25) is 0 Å². The molecule has 1 N–H and O–H groups in total. The van der Waals surface area contributed by atoms with Gasteiger partial charge in [-0.05, 0) is 50.7 Å². The van der Waals surface area contributed by atoms with Gasteiger partial charge in [-0.1, -0.05) is 22.0 Å². The molecule has 0 spiro atoms. The van der Waals surface area contributed by atoms with Crippen LogP contribution in [0.25, 0.3) is 0 Å². The molecule has 5 heteroatoms. The third kappa shape index (κ3) is 4.02. The van der Waals surface area contributed by atoms with Crippen molar-refractivity contribution in [2.45, 2.75) is 25.4 Å². The highest BCUT2D eigenvalue weighted by atomic mass is 79.9. The molecule has 2 fully saturated rings. The van der Waals surface area contributed by atoms with Crippen LogP contribution in [-0.4, -0.2) is 57.4 Å². The van der Waals surface area contributed by atoms with E-state index in [4.69, 9.17) is 4.74 Å². The number of rotatable bonds is 4. The molecule has 1 aromatic carbocycles. The Kier molecular flexibility index (Phi) is 5.74. The lowest BCUT2D eigenvalue weighted by atomic mass is 10.0. The zero-order valence-corrected chi connectivity index (χ0v) is 14.9. The lowest BCUT2D eigenvalue weighted by Gasteiger charge is -2.34. The van der Waals surface area contributed by atoms with Crippen molar-refractivity contribution in [2.75, 3.05) is 51.3 Å². The van der Waals surface area contributed by atoms with Gasteiger partial charge in [0.05, 0.1) is 13.2 Å². The number of nitrogens with zero attached hydrogens (tertiary/aromatic N) is 2. The van der Waals surface area contributed by atoms with Crippen molar-refractivity contribution in [3.63, 3.8) is 0 Å². The van der Waals surface area contributed by atoms with Crippen LogP contribution in [0.15, 0.2) is 22.7 Å². The van der Waals surface area contributed by atoms with Gasteiger partial charge in [0.25, 0.3) is 0 Å². The Morgan fingerprint density at radius 2 is 2.00 bits per heavy atom. The first-order chi connectivity index (χ1) is 10.7. The summed E-state index contributed by atoms with van der Waals surface area (Å²) in [5, 5.41) is 3.45. The molecule has 0 radical (unpaired) electrons. The van der Waals surface area contributed by atoms with Gasteiger partial charge in [0, 0.05) is 35.8 Å². The Balaban J connectivity index is 1.74. The Morgan fingerprint density at radius 1 is 1.27 bits per heavy atom. The summed E-state index contributed by atoms with van der Waals surface area (Å²) < 4.78 is 6.65. The first-order valence-corrected chi connectivity index (χ1v) is 9.05. The summed E-state index contributed by atoms with van der Waals surface area (Å²) in [6.07, 6.45) is 2.50. The van der Waals surface area contributed by atoms with Gasteiger partial charge < -0.3 is 15.0 Å². The summed E-state index contributed by atoms with van der Waals surface area (Å²) in [6.45, 7) is 6.94. The maximum atomic E-state index is 5.50. The topological polar surface area (TPSA) is 27.7 Å². The molecule has 0 unspecified atom stereocenters. The largest absolute Gasteiger partial charge is 0.378 e. The fraction of sp³-hybridized carbons (Fsp3) is 0.647. The Morgan fingerprint density at radius 3 is 2.73 bits per heavy atom. The molecule has 0 aliphatic carbocycles. The van der Waals surface area contributed by atoms with Crippen LogP contribution >= 0.6 is 15.9 Å². The molecule has 122 valence electrons. The summed E-state index contributed by atoms with van der Waals surface area (Å²) in [4.78, 5) is 4.98.